The van der Waals surface area contributed by atoms with Crippen LogP contribution in [0.25, 0.3) is 17.2 Å². The van der Waals surface area contributed by atoms with Crippen LogP contribution in [0.15, 0.2) is 78.9 Å². The number of amides is 1. The first-order valence-electron chi connectivity index (χ1n) is 10.9. The Morgan fingerprint density at radius 3 is 2.42 bits per heavy atom. The van der Waals surface area contributed by atoms with E-state index < -0.39 is 12.0 Å². The zero-order chi connectivity index (χ0) is 23.6. The highest BCUT2D eigenvalue weighted by Gasteiger charge is 2.22. The topological polar surface area (TPSA) is 66.4 Å². The predicted molar refractivity (Wildman–Crippen MR) is 138 cm³/mol. The van der Waals surface area contributed by atoms with Gasteiger partial charge in [0.1, 0.15) is 6.04 Å². The number of carbonyl (C=O) groups excluding carboxylic acids is 1. The number of carboxylic acid groups (broad SMARTS) is 1. The minimum atomic E-state index is -1.02. The Hall–Kier alpha value is -3.31. The van der Waals surface area contributed by atoms with Crippen LogP contribution in [-0.2, 0) is 11.2 Å². The number of hydrogen-bond donors (Lipinski definition) is 2. The van der Waals surface area contributed by atoms with Crippen molar-refractivity contribution in [1.82, 2.24) is 5.32 Å². The van der Waals surface area contributed by atoms with Crippen molar-refractivity contribution in [3.05, 3.63) is 101 Å². The minimum absolute atomic E-state index is 0.374. The number of aliphatic carboxylic acids is 1. The van der Waals surface area contributed by atoms with E-state index in [0.29, 0.717) is 17.7 Å². The van der Waals surface area contributed by atoms with E-state index in [1.807, 2.05) is 67.8 Å². The van der Waals surface area contributed by atoms with Gasteiger partial charge in [-0.25, -0.2) is 4.79 Å². The standard InChI is InChI=1S/C28H29NO3S/c1-20-9-6-7-14-23(20)25-19-22(13-8-12-21-10-4-3-5-11-21)15-16-24(25)27(30)29-26(28(31)32)17-18-33-2/h3-11,13-16,19,26H,12,17-18H2,1-2H3,(H,29,30)(H,31,32)/b13-8+. The second kappa shape index (κ2) is 12.1. The second-order valence-electron chi connectivity index (χ2n) is 7.86. The van der Waals surface area contributed by atoms with E-state index in [1.54, 1.807) is 17.8 Å². The lowest BCUT2D eigenvalue weighted by Crippen LogP contribution is -2.41. The van der Waals surface area contributed by atoms with Crippen molar-refractivity contribution in [2.45, 2.75) is 25.8 Å². The normalized spacial score (nSPS) is 11.9. The molecule has 3 aromatic rings. The van der Waals surface area contributed by atoms with Gasteiger partial charge in [0, 0.05) is 5.56 Å². The van der Waals surface area contributed by atoms with E-state index >= 15 is 0 Å². The lowest BCUT2D eigenvalue weighted by Gasteiger charge is -2.17. The number of allylic oxidation sites excluding steroid dienone is 1. The van der Waals surface area contributed by atoms with Crippen LogP contribution in [-0.4, -0.2) is 35.0 Å². The highest BCUT2D eigenvalue weighted by molar-refractivity contribution is 7.98. The molecule has 0 radical (unpaired) electrons. The number of nitrogens with one attached hydrogen (secondary N) is 1. The van der Waals surface area contributed by atoms with Crippen molar-refractivity contribution in [2.75, 3.05) is 12.0 Å². The van der Waals surface area contributed by atoms with Gasteiger partial charge in [-0.3, -0.25) is 4.79 Å². The van der Waals surface area contributed by atoms with Gasteiger partial charge in [0.25, 0.3) is 5.91 Å². The molecule has 1 amide bonds. The smallest absolute Gasteiger partial charge is 0.326 e. The predicted octanol–water partition coefficient (Wildman–Crippen LogP) is 5.85. The molecule has 2 N–H and O–H groups in total. The molecule has 0 heterocycles. The molecule has 0 fully saturated rings. The van der Waals surface area contributed by atoms with E-state index in [4.69, 9.17) is 0 Å². The summed E-state index contributed by atoms with van der Waals surface area (Å²) in [5.74, 6) is -0.732. The molecule has 4 nitrogen and oxygen atoms in total. The molecule has 0 aliphatic rings. The molecule has 0 saturated heterocycles. The molecule has 170 valence electrons. The largest absolute Gasteiger partial charge is 0.480 e. The molecular formula is C28H29NO3S. The van der Waals surface area contributed by atoms with Gasteiger partial charge in [-0.05, 0) is 71.7 Å². The summed E-state index contributed by atoms with van der Waals surface area (Å²) in [5.41, 5.74) is 5.49. The fourth-order valence-electron chi connectivity index (χ4n) is 3.64. The summed E-state index contributed by atoms with van der Waals surface area (Å²) < 4.78 is 0. The minimum Gasteiger partial charge on any atom is -0.480 e. The third kappa shape index (κ3) is 6.83. The molecular weight excluding hydrogens is 430 g/mol. The van der Waals surface area contributed by atoms with E-state index in [-0.39, 0.29) is 5.91 Å². The number of aryl methyl sites for hydroxylation is 1. The SMILES string of the molecule is CSCCC(NC(=O)c1ccc(/C=C/Cc2ccccc2)cc1-c1ccccc1C)C(=O)O. The van der Waals surface area contributed by atoms with Crippen molar-refractivity contribution < 1.29 is 14.7 Å². The summed E-state index contributed by atoms with van der Waals surface area (Å²) in [6, 6.07) is 22.9. The summed E-state index contributed by atoms with van der Waals surface area (Å²) >= 11 is 1.56. The average molecular weight is 460 g/mol. The first-order chi connectivity index (χ1) is 16.0. The molecule has 0 saturated carbocycles. The molecule has 1 atom stereocenters. The maximum absolute atomic E-state index is 13.1. The number of benzene rings is 3. The monoisotopic (exact) mass is 459 g/mol. The van der Waals surface area contributed by atoms with Crippen LogP contribution in [0.4, 0.5) is 0 Å². The fraction of sp³-hybridized carbons (Fsp3) is 0.214. The Morgan fingerprint density at radius 1 is 1.00 bits per heavy atom. The summed E-state index contributed by atoms with van der Waals surface area (Å²) in [7, 11) is 0. The zero-order valence-corrected chi connectivity index (χ0v) is 19.8. The van der Waals surface area contributed by atoms with Gasteiger partial charge in [0.2, 0.25) is 0 Å². The molecule has 33 heavy (non-hydrogen) atoms. The van der Waals surface area contributed by atoms with E-state index in [9.17, 15) is 14.7 Å². The summed E-state index contributed by atoms with van der Waals surface area (Å²) in [5, 5.41) is 12.2. The van der Waals surface area contributed by atoms with Crippen molar-refractivity contribution in [3.63, 3.8) is 0 Å². The molecule has 3 rings (SSSR count). The van der Waals surface area contributed by atoms with Gasteiger partial charge in [-0.15, -0.1) is 0 Å². The van der Waals surface area contributed by atoms with Crippen molar-refractivity contribution in [3.8, 4) is 11.1 Å². The highest BCUT2D eigenvalue weighted by atomic mass is 32.2. The van der Waals surface area contributed by atoms with E-state index in [2.05, 4.69) is 29.6 Å². The summed E-state index contributed by atoms with van der Waals surface area (Å²) in [6.45, 7) is 2.01. The van der Waals surface area contributed by atoms with Gasteiger partial charge in [0.15, 0.2) is 0 Å². The Morgan fingerprint density at radius 2 is 1.73 bits per heavy atom. The molecule has 3 aromatic carbocycles. The maximum Gasteiger partial charge on any atom is 0.326 e. The Balaban J connectivity index is 1.91. The Labute approximate surface area is 199 Å². The maximum atomic E-state index is 13.1. The van der Waals surface area contributed by atoms with Gasteiger partial charge < -0.3 is 10.4 Å². The average Bonchev–Trinajstić information content (AvgIpc) is 2.82. The molecule has 0 aliphatic carbocycles. The van der Waals surface area contributed by atoms with Crippen molar-refractivity contribution in [1.29, 1.82) is 0 Å². The lowest BCUT2D eigenvalue weighted by molar-refractivity contribution is -0.139. The van der Waals surface area contributed by atoms with Crippen molar-refractivity contribution in [2.24, 2.45) is 0 Å². The molecule has 5 heteroatoms. The van der Waals surface area contributed by atoms with Crippen LogP contribution >= 0.6 is 11.8 Å². The van der Waals surface area contributed by atoms with Gasteiger partial charge in [-0.1, -0.05) is 72.8 Å². The van der Waals surface area contributed by atoms with Crippen LogP contribution in [0.1, 0.15) is 33.5 Å². The summed E-state index contributed by atoms with van der Waals surface area (Å²) in [4.78, 5) is 24.8. The second-order valence-corrected chi connectivity index (χ2v) is 8.84. The number of hydrogen-bond acceptors (Lipinski definition) is 3. The van der Waals surface area contributed by atoms with E-state index in [0.717, 1.165) is 28.7 Å². The first-order valence-corrected chi connectivity index (χ1v) is 12.3. The van der Waals surface area contributed by atoms with Crippen LogP contribution in [0.5, 0.6) is 0 Å². The molecule has 0 aliphatic heterocycles. The molecule has 0 aromatic heterocycles. The number of carboxylic acids is 1. The highest BCUT2D eigenvalue weighted by Crippen LogP contribution is 2.29. The Kier molecular flexibility index (Phi) is 8.90. The fourth-order valence-corrected chi connectivity index (χ4v) is 4.11. The molecule has 1 unspecified atom stereocenters. The van der Waals surface area contributed by atoms with Gasteiger partial charge in [-0.2, -0.15) is 11.8 Å². The van der Waals surface area contributed by atoms with Crippen molar-refractivity contribution >= 4 is 29.7 Å². The Bertz CT molecular complexity index is 1120. The number of carbonyl (C=O) groups is 2. The van der Waals surface area contributed by atoms with Crippen LogP contribution < -0.4 is 5.32 Å². The van der Waals surface area contributed by atoms with Crippen LogP contribution in [0, 0.1) is 6.92 Å². The van der Waals surface area contributed by atoms with Gasteiger partial charge >= 0.3 is 5.97 Å². The van der Waals surface area contributed by atoms with Gasteiger partial charge in [0.05, 0.1) is 0 Å². The number of thioether (sulfide) groups is 1. The zero-order valence-electron chi connectivity index (χ0n) is 19.0. The summed E-state index contributed by atoms with van der Waals surface area (Å²) in [6.07, 6.45) is 7.27. The molecule has 0 spiro atoms. The molecule has 0 bridgehead atoms. The first kappa shape index (κ1) is 24.3. The number of rotatable bonds is 10. The third-order valence-electron chi connectivity index (χ3n) is 5.44. The van der Waals surface area contributed by atoms with Crippen LogP contribution in [0.2, 0.25) is 0 Å². The quantitative estimate of drug-likeness (QED) is 0.399. The van der Waals surface area contributed by atoms with E-state index in [1.165, 1.54) is 5.56 Å². The third-order valence-corrected chi connectivity index (χ3v) is 6.09. The van der Waals surface area contributed by atoms with Crippen LogP contribution in [0.3, 0.4) is 0 Å². The lowest BCUT2D eigenvalue weighted by atomic mass is 9.93.